The molecule has 0 saturated carbocycles. The zero-order valence-corrected chi connectivity index (χ0v) is 12.6. The number of hydrogen-bond donors (Lipinski definition) is 2. The van der Waals surface area contributed by atoms with Crippen LogP contribution < -0.4 is 4.72 Å². The molecule has 0 bridgehead atoms. The van der Waals surface area contributed by atoms with Crippen LogP contribution in [0.4, 0.5) is 0 Å². The van der Waals surface area contributed by atoms with Gasteiger partial charge in [0.2, 0.25) is 10.0 Å². The Bertz CT molecular complexity index is 497. The predicted octanol–water partition coefficient (Wildman–Crippen LogP) is 2.28. The molecule has 5 heteroatoms. The molecule has 0 aliphatic heterocycles. The van der Waals surface area contributed by atoms with Crippen LogP contribution in [0.15, 0.2) is 29.2 Å². The van der Waals surface area contributed by atoms with E-state index in [4.69, 9.17) is 0 Å². The molecule has 0 fully saturated rings. The summed E-state index contributed by atoms with van der Waals surface area (Å²) >= 11 is 0. The molecule has 0 amide bonds. The first kappa shape index (κ1) is 16.1. The highest BCUT2D eigenvalue weighted by atomic mass is 32.2. The predicted molar refractivity (Wildman–Crippen MR) is 76.2 cm³/mol. The summed E-state index contributed by atoms with van der Waals surface area (Å²) in [6.07, 6.45) is 1.78. The molecule has 0 heterocycles. The maximum atomic E-state index is 12.2. The Hall–Kier alpha value is -0.910. The van der Waals surface area contributed by atoms with Gasteiger partial charge in [0.1, 0.15) is 0 Å². The summed E-state index contributed by atoms with van der Waals surface area (Å²) in [6, 6.07) is 6.40. The summed E-state index contributed by atoms with van der Waals surface area (Å²) < 4.78 is 27.2. The van der Waals surface area contributed by atoms with Gasteiger partial charge in [0.15, 0.2) is 0 Å². The van der Waals surface area contributed by atoms with Gasteiger partial charge < -0.3 is 5.11 Å². The van der Waals surface area contributed by atoms with Crippen LogP contribution in [0.5, 0.6) is 0 Å². The average molecular weight is 285 g/mol. The third-order valence-corrected chi connectivity index (χ3v) is 4.66. The van der Waals surface area contributed by atoms with E-state index < -0.39 is 10.0 Å². The second-order valence-electron chi connectivity index (χ2n) is 5.26. The summed E-state index contributed by atoms with van der Waals surface area (Å²) in [6.45, 7) is 5.81. The van der Waals surface area contributed by atoms with E-state index in [1.165, 1.54) is 6.07 Å². The van der Waals surface area contributed by atoms with E-state index in [1.807, 2.05) is 6.92 Å². The van der Waals surface area contributed by atoms with E-state index in [-0.39, 0.29) is 17.5 Å². The standard InChI is InChI=1S/C14H23NO3S/c1-11(2)8-9-12(3)15-19(17,18)14-7-5-4-6-13(14)10-16/h4-7,11-12,15-16H,8-10H2,1-3H3. The zero-order valence-electron chi connectivity index (χ0n) is 11.8. The fraction of sp³-hybridized carbons (Fsp3) is 0.571. The van der Waals surface area contributed by atoms with E-state index in [1.54, 1.807) is 18.2 Å². The first-order valence-electron chi connectivity index (χ1n) is 6.58. The summed E-state index contributed by atoms with van der Waals surface area (Å²) in [5, 5.41) is 9.20. The van der Waals surface area contributed by atoms with Crippen molar-refractivity contribution in [3.05, 3.63) is 29.8 Å². The van der Waals surface area contributed by atoms with Crippen molar-refractivity contribution >= 4 is 10.0 Å². The smallest absolute Gasteiger partial charge is 0.241 e. The summed E-state index contributed by atoms with van der Waals surface area (Å²) in [5.41, 5.74) is 0.422. The number of nitrogens with one attached hydrogen (secondary N) is 1. The fourth-order valence-electron chi connectivity index (χ4n) is 1.87. The minimum absolute atomic E-state index is 0.112. The molecule has 1 aromatic rings. The van der Waals surface area contributed by atoms with Crippen LogP contribution in [0.2, 0.25) is 0 Å². The minimum atomic E-state index is -3.56. The monoisotopic (exact) mass is 285 g/mol. The van der Waals surface area contributed by atoms with E-state index in [0.717, 1.165) is 12.8 Å². The molecule has 1 aromatic carbocycles. The van der Waals surface area contributed by atoms with Gasteiger partial charge in [-0.25, -0.2) is 13.1 Å². The SMILES string of the molecule is CC(C)CCC(C)NS(=O)(=O)c1ccccc1CO. The Labute approximate surface area is 115 Å². The molecule has 0 aliphatic carbocycles. The lowest BCUT2D eigenvalue weighted by molar-refractivity contribution is 0.278. The molecule has 108 valence electrons. The summed E-state index contributed by atoms with van der Waals surface area (Å²) in [4.78, 5) is 0.161. The molecule has 19 heavy (non-hydrogen) atoms. The topological polar surface area (TPSA) is 66.4 Å². The van der Waals surface area contributed by atoms with Crippen molar-refractivity contribution in [3.8, 4) is 0 Å². The first-order valence-corrected chi connectivity index (χ1v) is 8.06. The molecule has 0 aromatic heterocycles. The molecule has 1 unspecified atom stereocenters. The van der Waals surface area contributed by atoms with Gasteiger partial charge in [-0.1, -0.05) is 32.0 Å². The van der Waals surface area contributed by atoms with Gasteiger partial charge in [-0.15, -0.1) is 0 Å². The van der Waals surface area contributed by atoms with Gasteiger partial charge >= 0.3 is 0 Å². The van der Waals surface area contributed by atoms with Crippen molar-refractivity contribution in [2.45, 2.75) is 51.2 Å². The van der Waals surface area contributed by atoms with E-state index in [0.29, 0.717) is 11.5 Å². The third kappa shape index (κ3) is 4.93. The maximum absolute atomic E-state index is 12.2. The molecule has 1 atom stereocenters. The van der Waals surface area contributed by atoms with Crippen LogP contribution in [0, 0.1) is 5.92 Å². The molecule has 1 rings (SSSR count). The highest BCUT2D eigenvalue weighted by Crippen LogP contribution is 2.16. The van der Waals surface area contributed by atoms with Crippen LogP contribution in [-0.4, -0.2) is 19.6 Å². The number of hydrogen-bond acceptors (Lipinski definition) is 3. The Morgan fingerprint density at radius 1 is 1.16 bits per heavy atom. The largest absolute Gasteiger partial charge is 0.392 e. The van der Waals surface area contributed by atoms with Crippen LogP contribution in [0.1, 0.15) is 39.2 Å². The lowest BCUT2D eigenvalue weighted by Gasteiger charge is -2.16. The number of aliphatic hydroxyl groups excluding tert-OH is 1. The number of rotatable bonds is 7. The average Bonchev–Trinajstić information content (AvgIpc) is 2.35. The van der Waals surface area contributed by atoms with Crippen molar-refractivity contribution in [1.82, 2.24) is 4.72 Å². The van der Waals surface area contributed by atoms with Gasteiger partial charge in [0.05, 0.1) is 11.5 Å². The van der Waals surface area contributed by atoms with Crippen LogP contribution in [-0.2, 0) is 16.6 Å². The molecule has 0 spiro atoms. The second kappa shape index (κ2) is 7.03. The van der Waals surface area contributed by atoms with Crippen LogP contribution in [0.25, 0.3) is 0 Å². The Morgan fingerprint density at radius 3 is 2.37 bits per heavy atom. The lowest BCUT2D eigenvalue weighted by Crippen LogP contribution is -2.33. The maximum Gasteiger partial charge on any atom is 0.241 e. The number of aliphatic hydroxyl groups is 1. The fourth-order valence-corrected chi connectivity index (χ4v) is 3.38. The minimum Gasteiger partial charge on any atom is -0.392 e. The Morgan fingerprint density at radius 2 is 1.79 bits per heavy atom. The third-order valence-electron chi connectivity index (χ3n) is 2.97. The van der Waals surface area contributed by atoms with Crippen molar-refractivity contribution in [2.75, 3.05) is 0 Å². The van der Waals surface area contributed by atoms with Gasteiger partial charge in [-0.3, -0.25) is 0 Å². The lowest BCUT2D eigenvalue weighted by atomic mass is 10.1. The molecule has 4 nitrogen and oxygen atoms in total. The van der Waals surface area contributed by atoms with Gasteiger partial charge in [-0.05, 0) is 37.3 Å². The Kier molecular flexibility index (Phi) is 5.97. The van der Waals surface area contributed by atoms with E-state index in [2.05, 4.69) is 18.6 Å². The van der Waals surface area contributed by atoms with Crippen molar-refractivity contribution in [2.24, 2.45) is 5.92 Å². The highest BCUT2D eigenvalue weighted by Gasteiger charge is 2.20. The molecule has 2 N–H and O–H groups in total. The van der Waals surface area contributed by atoms with Crippen LogP contribution in [0.3, 0.4) is 0 Å². The van der Waals surface area contributed by atoms with Crippen LogP contribution >= 0.6 is 0 Å². The number of sulfonamides is 1. The molecule has 0 radical (unpaired) electrons. The molecule has 0 saturated heterocycles. The normalized spacial score (nSPS) is 13.7. The van der Waals surface area contributed by atoms with Gasteiger partial charge in [0.25, 0.3) is 0 Å². The number of benzene rings is 1. The second-order valence-corrected chi connectivity index (χ2v) is 6.94. The van der Waals surface area contributed by atoms with Crippen molar-refractivity contribution in [1.29, 1.82) is 0 Å². The molecular weight excluding hydrogens is 262 g/mol. The summed E-state index contributed by atoms with van der Waals surface area (Å²) in [5.74, 6) is 0.552. The molecule has 0 aliphatic rings. The van der Waals surface area contributed by atoms with Crippen molar-refractivity contribution < 1.29 is 13.5 Å². The van der Waals surface area contributed by atoms with E-state index in [9.17, 15) is 13.5 Å². The first-order chi connectivity index (χ1) is 8.86. The van der Waals surface area contributed by atoms with E-state index >= 15 is 0 Å². The van der Waals surface area contributed by atoms with Gasteiger partial charge in [-0.2, -0.15) is 0 Å². The van der Waals surface area contributed by atoms with Gasteiger partial charge in [0, 0.05) is 6.04 Å². The molecular formula is C14H23NO3S. The highest BCUT2D eigenvalue weighted by molar-refractivity contribution is 7.89. The quantitative estimate of drug-likeness (QED) is 0.807. The summed E-state index contributed by atoms with van der Waals surface area (Å²) in [7, 11) is -3.56. The Balaban J connectivity index is 2.81. The van der Waals surface area contributed by atoms with Crippen molar-refractivity contribution in [3.63, 3.8) is 0 Å². The zero-order chi connectivity index (χ0) is 14.5.